The first-order valence-corrected chi connectivity index (χ1v) is 9.94. The molecule has 7 heteroatoms. The molecule has 0 atom stereocenters. The lowest BCUT2D eigenvalue weighted by Gasteiger charge is -2.28. The van der Waals surface area contributed by atoms with E-state index in [1.165, 1.54) is 0 Å². The fourth-order valence-electron chi connectivity index (χ4n) is 3.61. The maximum Gasteiger partial charge on any atom is 0.254 e. The summed E-state index contributed by atoms with van der Waals surface area (Å²) in [4.78, 5) is 22.3. The summed E-state index contributed by atoms with van der Waals surface area (Å²) < 4.78 is 16.8. The molecule has 3 heterocycles. The van der Waals surface area contributed by atoms with Gasteiger partial charge in [0.25, 0.3) is 5.56 Å². The van der Waals surface area contributed by atoms with Crippen LogP contribution in [0.25, 0.3) is 11.6 Å². The minimum absolute atomic E-state index is 0.0860. The molecule has 0 fully saturated rings. The number of ether oxygens (including phenoxy) is 2. The molecule has 0 radical (unpaired) electrons. The fraction of sp³-hybridized carbons (Fsp3) is 0.364. The molecular weight excluding hydrogens is 370 g/mol. The van der Waals surface area contributed by atoms with E-state index in [1.54, 1.807) is 18.4 Å². The summed E-state index contributed by atoms with van der Waals surface area (Å²) in [5.41, 5.74) is 2.57. The van der Waals surface area contributed by atoms with Crippen LogP contribution in [0, 0.1) is 0 Å². The van der Waals surface area contributed by atoms with Gasteiger partial charge in [-0.15, -0.1) is 0 Å². The van der Waals surface area contributed by atoms with E-state index in [9.17, 15) is 4.79 Å². The van der Waals surface area contributed by atoms with Crippen LogP contribution in [0.5, 0.6) is 11.5 Å². The first-order valence-electron chi connectivity index (χ1n) is 9.94. The summed E-state index contributed by atoms with van der Waals surface area (Å²) in [6, 6.07) is 9.53. The van der Waals surface area contributed by atoms with Gasteiger partial charge in [-0.1, -0.05) is 6.07 Å². The Morgan fingerprint density at radius 2 is 2.07 bits per heavy atom. The van der Waals surface area contributed by atoms with Crippen LogP contribution in [0.3, 0.4) is 0 Å². The van der Waals surface area contributed by atoms with Gasteiger partial charge in [-0.3, -0.25) is 9.69 Å². The standard InChI is InChI=1S/C22H25N3O4/c1-3-27-16-8-7-15(20(12-16)28-4-2)13-25-10-9-17-18(14-25)23-21(24-22(17)26)19-6-5-11-29-19/h5-8,11-12H,3-4,9-10,13-14H2,1-2H3,(H,23,24,26). The Balaban J connectivity index is 1.57. The lowest BCUT2D eigenvalue weighted by Crippen LogP contribution is -2.35. The smallest absolute Gasteiger partial charge is 0.254 e. The fourth-order valence-corrected chi connectivity index (χ4v) is 3.61. The third-order valence-electron chi connectivity index (χ3n) is 4.95. The number of nitrogens with zero attached hydrogens (tertiary/aromatic N) is 2. The van der Waals surface area contributed by atoms with Crippen molar-refractivity contribution in [2.75, 3.05) is 19.8 Å². The van der Waals surface area contributed by atoms with Crippen molar-refractivity contribution in [2.24, 2.45) is 0 Å². The highest BCUT2D eigenvalue weighted by Crippen LogP contribution is 2.28. The minimum atomic E-state index is -0.0860. The normalized spacial score (nSPS) is 13.9. The Kier molecular flexibility index (Phi) is 5.67. The lowest BCUT2D eigenvalue weighted by atomic mass is 10.0. The molecule has 0 saturated heterocycles. The van der Waals surface area contributed by atoms with Crippen LogP contribution in [-0.4, -0.2) is 34.6 Å². The molecule has 2 aromatic heterocycles. The summed E-state index contributed by atoms with van der Waals surface area (Å²) in [5.74, 6) is 2.67. The first-order chi connectivity index (χ1) is 14.2. The quantitative estimate of drug-likeness (QED) is 0.661. The van der Waals surface area contributed by atoms with Gasteiger partial charge in [0.2, 0.25) is 0 Å². The Morgan fingerprint density at radius 3 is 2.83 bits per heavy atom. The molecule has 1 aliphatic heterocycles. The van der Waals surface area contributed by atoms with E-state index in [2.05, 4.69) is 14.9 Å². The van der Waals surface area contributed by atoms with Gasteiger partial charge >= 0.3 is 0 Å². The summed E-state index contributed by atoms with van der Waals surface area (Å²) in [5, 5.41) is 0. The Bertz CT molecular complexity index is 1030. The largest absolute Gasteiger partial charge is 0.494 e. The molecule has 1 aliphatic rings. The number of hydrogen-bond acceptors (Lipinski definition) is 6. The molecule has 1 N–H and O–H groups in total. The molecule has 0 aliphatic carbocycles. The van der Waals surface area contributed by atoms with Crippen molar-refractivity contribution in [1.29, 1.82) is 0 Å². The summed E-state index contributed by atoms with van der Waals surface area (Å²) in [7, 11) is 0. The van der Waals surface area contributed by atoms with E-state index in [4.69, 9.17) is 13.9 Å². The average Bonchev–Trinajstić information content (AvgIpc) is 3.25. The molecule has 152 valence electrons. The maximum absolute atomic E-state index is 12.5. The number of rotatable bonds is 7. The van der Waals surface area contributed by atoms with Gasteiger partial charge in [0.15, 0.2) is 11.6 Å². The van der Waals surface area contributed by atoms with E-state index >= 15 is 0 Å². The van der Waals surface area contributed by atoms with Gasteiger partial charge in [0.05, 0.1) is 25.2 Å². The lowest BCUT2D eigenvalue weighted by molar-refractivity contribution is 0.234. The third-order valence-corrected chi connectivity index (χ3v) is 4.95. The van der Waals surface area contributed by atoms with E-state index in [1.807, 2.05) is 32.0 Å². The van der Waals surface area contributed by atoms with Crippen LogP contribution in [0.2, 0.25) is 0 Å². The second-order valence-corrected chi connectivity index (χ2v) is 6.91. The molecule has 0 bridgehead atoms. The van der Waals surface area contributed by atoms with Crippen LogP contribution >= 0.6 is 0 Å². The van der Waals surface area contributed by atoms with Crippen molar-refractivity contribution in [3.8, 4) is 23.1 Å². The number of nitrogens with one attached hydrogen (secondary N) is 1. The molecule has 3 aromatic rings. The number of H-pyrrole nitrogens is 1. The number of furan rings is 1. The molecule has 7 nitrogen and oxygen atoms in total. The van der Waals surface area contributed by atoms with Gasteiger partial charge in [-0.05, 0) is 38.5 Å². The van der Waals surface area contributed by atoms with E-state index in [0.29, 0.717) is 44.3 Å². The highest BCUT2D eigenvalue weighted by Gasteiger charge is 2.23. The molecule has 0 unspecified atom stereocenters. The van der Waals surface area contributed by atoms with Crippen molar-refractivity contribution < 1.29 is 13.9 Å². The highest BCUT2D eigenvalue weighted by atomic mass is 16.5. The van der Waals surface area contributed by atoms with Crippen LogP contribution < -0.4 is 15.0 Å². The van der Waals surface area contributed by atoms with E-state index in [0.717, 1.165) is 34.9 Å². The van der Waals surface area contributed by atoms with Crippen LogP contribution in [0.4, 0.5) is 0 Å². The number of aromatic nitrogens is 2. The second kappa shape index (κ2) is 8.53. The Morgan fingerprint density at radius 1 is 1.21 bits per heavy atom. The maximum atomic E-state index is 12.5. The topological polar surface area (TPSA) is 80.6 Å². The van der Waals surface area contributed by atoms with Crippen molar-refractivity contribution >= 4 is 0 Å². The van der Waals surface area contributed by atoms with Crippen molar-refractivity contribution in [3.63, 3.8) is 0 Å². The number of benzene rings is 1. The summed E-state index contributed by atoms with van der Waals surface area (Å²) in [6.07, 6.45) is 2.24. The van der Waals surface area contributed by atoms with Gasteiger partial charge in [0, 0.05) is 36.8 Å². The van der Waals surface area contributed by atoms with Crippen LogP contribution in [0.1, 0.15) is 30.7 Å². The number of fused-ring (bicyclic) bond motifs is 1. The first kappa shape index (κ1) is 19.3. The number of aromatic amines is 1. The molecule has 1 aromatic carbocycles. The summed E-state index contributed by atoms with van der Waals surface area (Å²) in [6.45, 7) is 7.25. The average molecular weight is 395 g/mol. The molecule has 0 amide bonds. The molecular formula is C22H25N3O4. The van der Waals surface area contributed by atoms with Crippen LogP contribution in [0.15, 0.2) is 45.8 Å². The SMILES string of the molecule is CCOc1ccc(CN2CCc3c(nc(-c4ccco4)[nH]c3=O)C2)c(OCC)c1. The van der Waals surface area contributed by atoms with Gasteiger partial charge in [-0.25, -0.2) is 4.98 Å². The zero-order valence-electron chi connectivity index (χ0n) is 16.7. The minimum Gasteiger partial charge on any atom is -0.494 e. The molecule has 4 rings (SSSR count). The highest BCUT2D eigenvalue weighted by molar-refractivity contribution is 5.47. The Hall–Kier alpha value is -3.06. The molecule has 0 saturated carbocycles. The van der Waals surface area contributed by atoms with Crippen molar-refractivity contribution in [1.82, 2.24) is 14.9 Å². The predicted octanol–water partition coefficient (Wildman–Crippen LogP) is 3.39. The van der Waals surface area contributed by atoms with Gasteiger partial charge in [0.1, 0.15) is 11.5 Å². The summed E-state index contributed by atoms with van der Waals surface area (Å²) >= 11 is 0. The van der Waals surface area contributed by atoms with Gasteiger partial charge in [-0.2, -0.15) is 0 Å². The molecule has 29 heavy (non-hydrogen) atoms. The zero-order valence-corrected chi connectivity index (χ0v) is 16.7. The number of hydrogen-bond donors (Lipinski definition) is 1. The van der Waals surface area contributed by atoms with Crippen molar-refractivity contribution in [2.45, 2.75) is 33.4 Å². The van der Waals surface area contributed by atoms with Crippen LogP contribution in [-0.2, 0) is 19.5 Å². The Labute approximate surface area is 169 Å². The molecule has 0 spiro atoms. The van der Waals surface area contributed by atoms with E-state index < -0.39 is 0 Å². The third kappa shape index (κ3) is 4.19. The predicted molar refractivity (Wildman–Crippen MR) is 109 cm³/mol. The zero-order chi connectivity index (χ0) is 20.2. The van der Waals surface area contributed by atoms with E-state index in [-0.39, 0.29) is 5.56 Å². The van der Waals surface area contributed by atoms with Gasteiger partial charge < -0.3 is 18.9 Å². The monoisotopic (exact) mass is 395 g/mol. The second-order valence-electron chi connectivity index (χ2n) is 6.91. The van der Waals surface area contributed by atoms with Crippen molar-refractivity contribution in [3.05, 3.63) is 63.8 Å².